The van der Waals surface area contributed by atoms with Crippen molar-refractivity contribution in [3.05, 3.63) is 53.4 Å². The van der Waals surface area contributed by atoms with Gasteiger partial charge < -0.3 is 14.8 Å². The molecular weight excluding hydrogens is 433 g/mol. The first-order valence-corrected chi connectivity index (χ1v) is 10.1. The van der Waals surface area contributed by atoms with E-state index in [0.717, 1.165) is 4.57 Å². The fourth-order valence-corrected chi connectivity index (χ4v) is 3.66. The molecule has 0 unspecified atom stereocenters. The molecule has 0 atom stereocenters. The third kappa shape index (κ3) is 4.91. The summed E-state index contributed by atoms with van der Waals surface area (Å²) in [5, 5.41) is 3.40. The Hall–Kier alpha value is -2.85. The van der Waals surface area contributed by atoms with Crippen LogP contribution in [-0.4, -0.2) is 63.1 Å². The van der Waals surface area contributed by atoms with Gasteiger partial charge >= 0.3 is 12.2 Å². The maximum atomic E-state index is 13.4. The Labute approximate surface area is 181 Å². The Morgan fingerprint density at radius 2 is 1.77 bits per heavy atom. The second kappa shape index (κ2) is 8.72. The van der Waals surface area contributed by atoms with Crippen molar-refractivity contribution in [1.29, 1.82) is 0 Å². The lowest BCUT2D eigenvalue weighted by atomic mass is 10.3. The zero-order valence-electron chi connectivity index (χ0n) is 16.4. The Morgan fingerprint density at radius 3 is 2.45 bits per heavy atom. The van der Waals surface area contributed by atoms with Crippen molar-refractivity contribution in [3.63, 3.8) is 0 Å². The summed E-state index contributed by atoms with van der Waals surface area (Å²) in [7, 11) is 0. The zero-order chi connectivity index (χ0) is 22.0. The van der Waals surface area contributed by atoms with Crippen molar-refractivity contribution in [2.75, 3.05) is 38.0 Å². The number of anilines is 1. The van der Waals surface area contributed by atoms with Crippen molar-refractivity contribution in [1.82, 2.24) is 24.3 Å². The molecule has 1 aliphatic rings. The summed E-state index contributed by atoms with van der Waals surface area (Å²) in [4.78, 5) is 23.9. The van der Waals surface area contributed by atoms with Crippen LogP contribution in [0.1, 0.15) is 5.82 Å². The maximum absolute atomic E-state index is 13.4. The average molecular weight is 453 g/mol. The van der Waals surface area contributed by atoms with Gasteiger partial charge in [-0.2, -0.15) is 13.2 Å². The van der Waals surface area contributed by atoms with E-state index in [4.69, 9.17) is 11.6 Å². The zero-order valence-corrected chi connectivity index (χ0v) is 17.2. The van der Waals surface area contributed by atoms with Crippen molar-refractivity contribution < 1.29 is 18.0 Å². The summed E-state index contributed by atoms with van der Waals surface area (Å²) in [6.07, 6.45) is -3.10. The minimum Gasteiger partial charge on any atom is -0.322 e. The summed E-state index contributed by atoms with van der Waals surface area (Å²) in [6.45, 7) is 2.60. The van der Waals surface area contributed by atoms with Gasteiger partial charge in [-0.3, -0.25) is 4.90 Å². The van der Waals surface area contributed by atoms with E-state index in [2.05, 4.69) is 15.3 Å². The molecule has 2 amide bonds. The summed E-state index contributed by atoms with van der Waals surface area (Å²) >= 11 is 5.85. The predicted octanol–water partition coefficient (Wildman–Crippen LogP) is 3.95. The number of fused-ring (bicyclic) bond motifs is 1. The van der Waals surface area contributed by atoms with Crippen LogP contribution in [0, 0.1) is 0 Å². The molecule has 0 bridgehead atoms. The normalized spacial score (nSPS) is 15.4. The largest absolute Gasteiger partial charge is 0.449 e. The second-order valence-electron chi connectivity index (χ2n) is 7.20. The minimum atomic E-state index is -4.56. The fraction of sp³-hybridized carbons (Fsp3) is 0.350. The molecule has 164 valence electrons. The third-order valence-corrected chi connectivity index (χ3v) is 5.40. The van der Waals surface area contributed by atoms with E-state index in [1.165, 1.54) is 12.3 Å². The van der Waals surface area contributed by atoms with Gasteiger partial charge in [-0.1, -0.05) is 11.6 Å². The Bertz CT molecular complexity index is 1060. The predicted molar refractivity (Wildman–Crippen MR) is 111 cm³/mol. The average Bonchev–Trinajstić information content (AvgIpc) is 3.13. The highest BCUT2D eigenvalue weighted by Gasteiger charge is 2.38. The van der Waals surface area contributed by atoms with Crippen LogP contribution in [-0.2, 0) is 12.7 Å². The number of nitrogens with one attached hydrogen (secondary N) is 1. The molecule has 2 aromatic heterocycles. The SMILES string of the molecule is O=C(Nc1ccc(Cl)cc1)N1CCN(CCn2c(C(F)(F)F)nc3cccnc32)CC1. The molecule has 7 nitrogen and oxygen atoms in total. The minimum absolute atomic E-state index is 0.110. The first-order chi connectivity index (χ1) is 14.8. The number of hydrogen-bond acceptors (Lipinski definition) is 4. The van der Waals surface area contributed by atoms with Crippen molar-refractivity contribution in [2.45, 2.75) is 12.7 Å². The van der Waals surface area contributed by atoms with Crippen LogP contribution in [0.15, 0.2) is 42.6 Å². The first kappa shape index (κ1) is 21.4. The number of urea groups is 1. The summed E-state index contributed by atoms with van der Waals surface area (Å²) in [5.41, 5.74) is 1.09. The summed E-state index contributed by atoms with van der Waals surface area (Å²) in [6, 6.07) is 9.69. The van der Waals surface area contributed by atoms with Crippen LogP contribution in [0.25, 0.3) is 11.2 Å². The lowest BCUT2D eigenvalue weighted by Crippen LogP contribution is -2.50. The van der Waals surface area contributed by atoms with E-state index < -0.39 is 12.0 Å². The van der Waals surface area contributed by atoms with Gasteiger partial charge in [0, 0.05) is 56.2 Å². The van der Waals surface area contributed by atoms with Crippen molar-refractivity contribution in [2.24, 2.45) is 0 Å². The topological polar surface area (TPSA) is 66.3 Å². The second-order valence-corrected chi connectivity index (χ2v) is 7.63. The van der Waals surface area contributed by atoms with Gasteiger partial charge in [-0.05, 0) is 36.4 Å². The van der Waals surface area contributed by atoms with E-state index in [1.807, 2.05) is 4.90 Å². The molecule has 4 rings (SSSR count). The fourth-order valence-electron chi connectivity index (χ4n) is 3.54. The molecule has 0 aliphatic carbocycles. The number of alkyl halides is 3. The lowest BCUT2D eigenvalue weighted by Gasteiger charge is -2.34. The number of nitrogens with zero attached hydrogens (tertiary/aromatic N) is 5. The smallest absolute Gasteiger partial charge is 0.322 e. The number of hydrogen-bond donors (Lipinski definition) is 1. The Balaban J connectivity index is 1.35. The lowest BCUT2D eigenvalue weighted by molar-refractivity contribution is -0.147. The van der Waals surface area contributed by atoms with Gasteiger partial charge in [-0.25, -0.2) is 14.8 Å². The van der Waals surface area contributed by atoms with Crippen molar-refractivity contribution >= 4 is 34.5 Å². The van der Waals surface area contributed by atoms with Crippen molar-refractivity contribution in [3.8, 4) is 0 Å². The summed E-state index contributed by atoms with van der Waals surface area (Å²) in [5.74, 6) is -0.942. The van der Waals surface area contributed by atoms with Crippen LogP contribution >= 0.6 is 11.6 Å². The number of pyridine rings is 1. The molecule has 3 heterocycles. The van der Waals surface area contributed by atoms with E-state index in [9.17, 15) is 18.0 Å². The molecule has 1 aliphatic heterocycles. The molecule has 1 N–H and O–H groups in total. The molecule has 11 heteroatoms. The number of aromatic nitrogens is 3. The molecular formula is C20H20ClF3N6O. The number of amides is 2. The monoisotopic (exact) mass is 452 g/mol. The van der Waals surface area contributed by atoms with Crippen LogP contribution in [0.2, 0.25) is 5.02 Å². The molecule has 3 aromatic rings. The quantitative estimate of drug-likeness (QED) is 0.651. The van der Waals surface area contributed by atoms with E-state index in [0.29, 0.717) is 43.4 Å². The highest BCUT2D eigenvalue weighted by atomic mass is 35.5. The van der Waals surface area contributed by atoms with Gasteiger partial charge in [-0.15, -0.1) is 0 Å². The molecule has 31 heavy (non-hydrogen) atoms. The van der Waals surface area contributed by atoms with Crippen LogP contribution in [0.3, 0.4) is 0 Å². The standard InChI is InChI=1S/C20H20ClF3N6O/c21-14-3-5-15(6-4-14)26-19(31)29-11-8-28(9-12-29)10-13-30-17-16(2-1-7-25-17)27-18(30)20(22,23)24/h1-7H,8-13H2,(H,26,31). The van der Waals surface area contributed by atoms with Gasteiger partial charge in [0.05, 0.1) is 0 Å². The number of piperazine rings is 1. The van der Waals surface area contributed by atoms with Gasteiger partial charge in [0.1, 0.15) is 5.52 Å². The first-order valence-electron chi connectivity index (χ1n) is 9.73. The molecule has 0 saturated carbocycles. The number of carbonyl (C=O) groups excluding carboxylic acids is 1. The van der Waals surface area contributed by atoms with E-state index in [1.54, 1.807) is 35.2 Å². The molecule has 0 spiro atoms. The highest BCUT2D eigenvalue weighted by Crippen LogP contribution is 2.30. The van der Waals surface area contributed by atoms with E-state index >= 15 is 0 Å². The maximum Gasteiger partial charge on any atom is 0.449 e. The number of benzene rings is 1. The van der Waals surface area contributed by atoms with Crippen LogP contribution in [0.4, 0.5) is 23.7 Å². The third-order valence-electron chi connectivity index (χ3n) is 5.15. The summed E-state index contributed by atoms with van der Waals surface area (Å²) < 4.78 is 41.4. The van der Waals surface area contributed by atoms with Crippen LogP contribution < -0.4 is 5.32 Å². The van der Waals surface area contributed by atoms with E-state index in [-0.39, 0.29) is 23.7 Å². The number of carbonyl (C=O) groups is 1. The number of rotatable bonds is 4. The number of halogens is 4. The van der Waals surface area contributed by atoms with Gasteiger partial charge in [0.2, 0.25) is 5.82 Å². The molecule has 1 fully saturated rings. The van der Waals surface area contributed by atoms with Gasteiger partial charge in [0.15, 0.2) is 5.65 Å². The molecule has 1 saturated heterocycles. The van der Waals surface area contributed by atoms with Crippen LogP contribution in [0.5, 0.6) is 0 Å². The number of imidazole rings is 1. The van der Waals surface area contributed by atoms with Gasteiger partial charge in [0.25, 0.3) is 0 Å². The Morgan fingerprint density at radius 1 is 1.06 bits per heavy atom. The molecule has 0 radical (unpaired) electrons. The molecule has 1 aromatic carbocycles. The highest BCUT2D eigenvalue weighted by molar-refractivity contribution is 6.30. The Kier molecular flexibility index (Phi) is 6.01.